The van der Waals surface area contributed by atoms with Gasteiger partial charge in [0.05, 0.1) is 5.54 Å². The molecule has 2 amide bonds. The van der Waals surface area contributed by atoms with Crippen molar-refractivity contribution in [2.45, 2.75) is 76.3 Å². The second-order valence-corrected chi connectivity index (χ2v) is 6.62. The van der Waals surface area contributed by atoms with E-state index in [4.69, 9.17) is 5.73 Å². The third-order valence-electron chi connectivity index (χ3n) is 4.72. The molecule has 1 saturated heterocycles. The van der Waals surface area contributed by atoms with Gasteiger partial charge in [-0.1, -0.05) is 26.2 Å². The van der Waals surface area contributed by atoms with Crippen molar-refractivity contribution in [3.63, 3.8) is 0 Å². The fourth-order valence-electron chi connectivity index (χ4n) is 3.52. The Morgan fingerprint density at radius 3 is 2.55 bits per heavy atom. The lowest BCUT2D eigenvalue weighted by Crippen LogP contribution is -2.60. The van der Waals surface area contributed by atoms with E-state index in [1.165, 1.54) is 6.42 Å². The molecule has 1 atom stereocenters. The van der Waals surface area contributed by atoms with E-state index in [1.54, 1.807) is 0 Å². The zero-order valence-corrected chi connectivity index (χ0v) is 14.4. The van der Waals surface area contributed by atoms with Gasteiger partial charge in [0.2, 0.25) is 11.8 Å². The Morgan fingerprint density at radius 1 is 1.23 bits per heavy atom. The van der Waals surface area contributed by atoms with Gasteiger partial charge in [-0.05, 0) is 32.1 Å². The van der Waals surface area contributed by atoms with Crippen LogP contribution in [0.5, 0.6) is 0 Å². The molecule has 6 heteroatoms. The number of nitrogens with one attached hydrogen (secondary N) is 1. The predicted octanol–water partition coefficient (Wildman–Crippen LogP) is 1.98. The van der Waals surface area contributed by atoms with Gasteiger partial charge in [0.25, 0.3) is 0 Å². The van der Waals surface area contributed by atoms with Crippen LogP contribution in [0.15, 0.2) is 0 Å². The second kappa shape index (κ2) is 8.73. The molecule has 128 valence electrons. The minimum atomic E-state index is -0.659. The number of rotatable bonds is 4. The van der Waals surface area contributed by atoms with Crippen LogP contribution in [0.3, 0.4) is 0 Å². The first-order valence-electron chi connectivity index (χ1n) is 8.43. The molecule has 5 nitrogen and oxygen atoms in total. The maximum Gasteiger partial charge on any atom is 0.242 e. The zero-order valence-electron chi connectivity index (χ0n) is 13.6. The van der Waals surface area contributed by atoms with Gasteiger partial charge in [0.1, 0.15) is 0 Å². The van der Waals surface area contributed by atoms with Crippen molar-refractivity contribution in [3.05, 3.63) is 0 Å². The zero-order chi connectivity index (χ0) is 15.3. The Hall–Kier alpha value is -0.810. The highest BCUT2D eigenvalue weighted by atomic mass is 35.5. The molecule has 0 bridgehead atoms. The highest BCUT2D eigenvalue weighted by Crippen LogP contribution is 2.28. The van der Waals surface area contributed by atoms with Gasteiger partial charge < -0.3 is 16.0 Å². The highest BCUT2D eigenvalue weighted by molar-refractivity contribution is 5.86. The van der Waals surface area contributed by atoms with Gasteiger partial charge in [-0.2, -0.15) is 0 Å². The minimum Gasteiger partial charge on any atom is -0.352 e. The topological polar surface area (TPSA) is 75.4 Å². The first-order chi connectivity index (χ1) is 10.0. The fourth-order valence-corrected chi connectivity index (χ4v) is 3.52. The molecule has 1 aliphatic carbocycles. The summed E-state index contributed by atoms with van der Waals surface area (Å²) in [5, 5.41) is 3.05. The molecular formula is C16H30ClN3O2. The van der Waals surface area contributed by atoms with Gasteiger partial charge in [-0.15, -0.1) is 12.4 Å². The number of halogens is 1. The Kier molecular flexibility index (Phi) is 7.63. The minimum absolute atomic E-state index is 0. The van der Waals surface area contributed by atoms with Crippen molar-refractivity contribution in [1.82, 2.24) is 10.2 Å². The lowest BCUT2D eigenvalue weighted by molar-refractivity contribution is -0.140. The van der Waals surface area contributed by atoms with Crippen molar-refractivity contribution >= 4 is 24.2 Å². The molecule has 0 aromatic rings. The molecule has 22 heavy (non-hydrogen) atoms. The average Bonchev–Trinajstić information content (AvgIpc) is 2.47. The van der Waals surface area contributed by atoms with E-state index in [-0.39, 0.29) is 30.3 Å². The van der Waals surface area contributed by atoms with E-state index >= 15 is 0 Å². The molecule has 0 aromatic heterocycles. The Morgan fingerprint density at radius 2 is 1.91 bits per heavy atom. The van der Waals surface area contributed by atoms with Crippen LogP contribution < -0.4 is 11.1 Å². The van der Waals surface area contributed by atoms with Crippen molar-refractivity contribution < 1.29 is 9.59 Å². The molecule has 2 aliphatic rings. The van der Waals surface area contributed by atoms with Crippen LogP contribution >= 0.6 is 12.4 Å². The molecule has 1 heterocycles. The number of likely N-dealkylation sites (tertiary alicyclic amines) is 1. The van der Waals surface area contributed by atoms with Crippen LogP contribution in [0.1, 0.15) is 64.7 Å². The van der Waals surface area contributed by atoms with Crippen LogP contribution in [0.25, 0.3) is 0 Å². The number of hydrogen-bond donors (Lipinski definition) is 2. The molecular weight excluding hydrogens is 302 g/mol. The molecule has 1 unspecified atom stereocenters. The van der Waals surface area contributed by atoms with Gasteiger partial charge >= 0.3 is 0 Å². The maximum absolute atomic E-state index is 12.7. The molecule has 0 radical (unpaired) electrons. The molecule has 0 aromatic carbocycles. The maximum atomic E-state index is 12.7. The van der Waals surface area contributed by atoms with Gasteiger partial charge in [0, 0.05) is 25.6 Å². The number of amides is 2. The lowest BCUT2D eigenvalue weighted by Gasteiger charge is -2.40. The fraction of sp³-hybridized carbons (Fsp3) is 0.875. The van der Waals surface area contributed by atoms with Gasteiger partial charge in [0.15, 0.2) is 0 Å². The second-order valence-electron chi connectivity index (χ2n) is 6.62. The lowest BCUT2D eigenvalue weighted by atomic mass is 9.81. The summed E-state index contributed by atoms with van der Waals surface area (Å²) in [5.74, 6) is 0.188. The molecule has 2 fully saturated rings. The van der Waals surface area contributed by atoms with E-state index in [1.807, 2.05) is 11.8 Å². The molecule has 0 spiro atoms. The van der Waals surface area contributed by atoms with Crippen LogP contribution in [-0.4, -0.2) is 41.4 Å². The summed E-state index contributed by atoms with van der Waals surface area (Å²) in [6, 6.07) is 0.0916. The summed E-state index contributed by atoms with van der Waals surface area (Å²) in [7, 11) is 0. The Labute approximate surface area is 139 Å². The average molecular weight is 332 g/mol. The quantitative estimate of drug-likeness (QED) is 0.827. The van der Waals surface area contributed by atoms with Crippen LogP contribution in [-0.2, 0) is 9.59 Å². The van der Waals surface area contributed by atoms with Gasteiger partial charge in [-0.3, -0.25) is 9.59 Å². The van der Waals surface area contributed by atoms with Crippen molar-refractivity contribution in [1.29, 1.82) is 0 Å². The van der Waals surface area contributed by atoms with Crippen LogP contribution in [0.4, 0.5) is 0 Å². The summed E-state index contributed by atoms with van der Waals surface area (Å²) >= 11 is 0. The van der Waals surface area contributed by atoms with E-state index < -0.39 is 5.54 Å². The third-order valence-corrected chi connectivity index (χ3v) is 4.72. The number of nitrogens with zero attached hydrogens (tertiary/aromatic N) is 1. The summed E-state index contributed by atoms with van der Waals surface area (Å²) < 4.78 is 0. The summed E-state index contributed by atoms with van der Waals surface area (Å²) in [6.45, 7) is 3.39. The largest absolute Gasteiger partial charge is 0.352 e. The van der Waals surface area contributed by atoms with E-state index in [0.717, 1.165) is 51.5 Å². The normalized spacial score (nSPS) is 24.3. The number of piperidine rings is 1. The smallest absolute Gasteiger partial charge is 0.242 e. The van der Waals surface area contributed by atoms with Crippen molar-refractivity contribution in [3.8, 4) is 0 Å². The van der Waals surface area contributed by atoms with Crippen LogP contribution in [0, 0.1) is 0 Å². The predicted molar refractivity (Wildman–Crippen MR) is 89.9 cm³/mol. The monoisotopic (exact) mass is 331 g/mol. The van der Waals surface area contributed by atoms with Gasteiger partial charge in [-0.25, -0.2) is 0 Å². The number of carbonyl (C=O) groups is 2. The standard InChI is InChI=1S/C16H29N3O2.ClH/c1-2-7-14(20)18-13-8-6-11-19(12-13)15(21)16(17)9-4-3-5-10-16;/h13H,2-12,17H2,1H3,(H,18,20);1H. The Bertz CT molecular complexity index is 384. The first-order valence-corrected chi connectivity index (χ1v) is 8.43. The van der Waals surface area contributed by atoms with E-state index in [9.17, 15) is 9.59 Å². The number of carbonyl (C=O) groups excluding carboxylic acids is 2. The summed E-state index contributed by atoms with van der Waals surface area (Å²) in [6.07, 6.45) is 8.19. The first kappa shape index (κ1) is 19.2. The number of hydrogen-bond acceptors (Lipinski definition) is 3. The molecule has 1 aliphatic heterocycles. The molecule has 1 saturated carbocycles. The van der Waals surface area contributed by atoms with Crippen molar-refractivity contribution in [2.75, 3.05) is 13.1 Å². The van der Waals surface area contributed by atoms with Crippen molar-refractivity contribution in [2.24, 2.45) is 5.73 Å². The molecule has 2 rings (SSSR count). The van der Waals surface area contributed by atoms with Crippen LogP contribution in [0.2, 0.25) is 0 Å². The highest BCUT2D eigenvalue weighted by Gasteiger charge is 2.39. The summed E-state index contributed by atoms with van der Waals surface area (Å²) in [5.41, 5.74) is 5.69. The number of nitrogens with two attached hydrogens (primary N) is 1. The van der Waals surface area contributed by atoms with E-state index in [0.29, 0.717) is 13.0 Å². The summed E-state index contributed by atoms with van der Waals surface area (Å²) in [4.78, 5) is 26.3. The molecule has 3 N–H and O–H groups in total. The van der Waals surface area contributed by atoms with E-state index in [2.05, 4.69) is 5.32 Å². The third kappa shape index (κ3) is 4.85. The Balaban J connectivity index is 0.00000242. The SMILES string of the molecule is CCCC(=O)NC1CCCN(C(=O)C2(N)CCCCC2)C1.Cl.